The van der Waals surface area contributed by atoms with E-state index in [2.05, 4.69) is 22.7 Å². The third-order valence-electron chi connectivity index (χ3n) is 5.16. The number of hydrogen-bond acceptors (Lipinski definition) is 5. The molecule has 0 spiro atoms. The third-order valence-corrected chi connectivity index (χ3v) is 8.13. The van der Waals surface area contributed by atoms with Crippen molar-refractivity contribution < 1.29 is 43.2 Å². The molecule has 0 saturated carbocycles. The number of nitrogens with zero attached hydrogens (tertiary/aromatic N) is 2. The van der Waals surface area contributed by atoms with Crippen molar-refractivity contribution in [2.45, 2.75) is 114 Å². The molecule has 0 radical (unpaired) electrons. The average molecular weight is 574 g/mol. The van der Waals surface area contributed by atoms with Gasteiger partial charge in [-0.05, 0) is 6.42 Å². The van der Waals surface area contributed by atoms with Crippen LogP contribution in [0.5, 0.6) is 0 Å². The Balaban J connectivity index is 0.000000723. The van der Waals surface area contributed by atoms with Gasteiger partial charge in [0.05, 0.1) is 6.33 Å². The molecule has 0 fully saturated rings. The minimum atomic E-state index is -6.60. The maximum atomic E-state index is 11.5. The highest BCUT2D eigenvalue weighted by Gasteiger charge is 2.55. The summed E-state index contributed by atoms with van der Waals surface area (Å²) in [5.74, 6) is 0. The molecule has 214 valence electrons. The molecule has 0 aromatic carbocycles. The van der Waals surface area contributed by atoms with Crippen molar-refractivity contribution in [2.75, 3.05) is 0 Å². The molecule has 1 aromatic heterocycles. The van der Waals surface area contributed by atoms with Crippen LogP contribution in [0.3, 0.4) is 0 Å². The van der Waals surface area contributed by atoms with Crippen LogP contribution in [0.1, 0.15) is 96.8 Å². The van der Waals surface area contributed by atoms with Crippen LogP contribution in [-0.4, -0.2) is 37.4 Å². The lowest BCUT2D eigenvalue weighted by atomic mass is 10.0. The fourth-order valence-corrected chi connectivity index (χ4v) is 5.06. The molecular weight excluding hydrogens is 536 g/mol. The van der Waals surface area contributed by atoms with Crippen LogP contribution in [0.15, 0.2) is 18.7 Å². The summed E-state index contributed by atoms with van der Waals surface area (Å²) in [6.45, 7) is 3.43. The summed E-state index contributed by atoms with van der Waals surface area (Å²) < 4.78 is 111. The first-order valence-electron chi connectivity index (χ1n) is 12.0. The molecule has 0 atom stereocenters. The van der Waals surface area contributed by atoms with Gasteiger partial charge in [-0.15, -0.1) is 0 Å². The second kappa shape index (κ2) is 17.2. The Bertz CT molecular complexity index is 846. The summed E-state index contributed by atoms with van der Waals surface area (Å²) in [4.78, 5) is 4.07. The van der Waals surface area contributed by atoms with Crippen LogP contribution in [0, 0.1) is 0 Å². The van der Waals surface area contributed by atoms with Crippen LogP contribution < -0.4 is 4.13 Å². The van der Waals surface area contributed by atoms with E-state index < -0.39 is 35.2 Å². The molecule has 0 aliphatic carbocycles. The van der Waals surface area contributed by atoms with Crippen molar-refractivity contribution in [2.24, 2.45) is 0 Å². The Hall–Kier alpha value is -1.35. The van der Waals surface area contributed by atoms with Gasteiger partial charge in [-0.3, -0.25) is 0 Å². The summed E-state index contributed by atoms with van der Waals surface area (Å²) in [6, 6.07) is 0. The number of aryl methyl sites for hydroxylation is 1. The Morgan fingerprint density at radius 2 is 1.03 bits per heavy atom. The number of aromatic nitrogens is 2. The molecule has 7 nitrogen and oxygen atoms in total. The molecule has 1 aromatic rings. The predicted molar refractivity (Wildman–Crippen MR) is 126 cm³/mol. The van der Waals surface area contributed by atoms with Crippen molar-refractivity contribution in [1.82, 2.24) is 13.7 Å². The maximum absolute atomic E-state index is 11.5. The molecule has 0 saturated heterocycles. The summed E-state index contributed by atoms with van der Waals surface area (Å²) in [6.07, 6.45) is 25.8. The molecule has 1 heterocycles. The van der Waals surface area contributed by atoms with Gasteiger partial charge >= 0.3 is 31.1 Å². The molecule has 0 unspecified atom stereocenters. The summed E-state index contributed by atoms with van der Waals surface area (Å²) >= 11 is 0. The number of rotatable bonds is 17. The number of alkyl halides is 6. The molecule has 1 N–H and O–H groups in total. The van der Waals surface area contributed by atoms with Crippen molar-refractivity contribution >= 4 is 20.0 Å². The highest BCUT2D eigenvalue weighted by atomic mass is 32.3. The van der Waals surface area contributed by atoms with Gasteiger partial charge in [0.2, 0.25) is 0 Å². The highest BCUT2D eigenvalue weighted by molar-refractivity contribution is 8.05. The zero-order valence-corrected chi connectivity index (χ0v) is 22.1. The highest BCUT2D eigenvalue weighted by Crippen LogP contribution is 2.27. The fourth-order valence-electron chi connectivity index (χ4n) is 3.15. The van der Waals surface area contributed by atoms with E-state index in [1.54, 1.807) is 0 Å². The lowest BCUT2D eigenvalue weighted by Gasteiger charge is -2.11. The molecule has 1 rings (SSSR count). The first kappa shape index (κ1) is 34.6. The smallest absolute Gasteiger partial charge is 0.337 e. The minimum absolute atomic E-state index is 0.493. The fraction of sp³-hybridized carbons (Fsp3) is 0.857. The number of unbranched alkanes of at least 4 members (excludes halogenated alkanes) is 13. The lowest BCUT2D eigenvalue weighted by molar-refractivity contribution is -0.0476. The Kier molecular flexibility index (Phi) is 16.6. The normalized spacial score (nSPS) is 12.9. The average Bonchev–Trinajstić information content (AvgIpc) is 3.26. The third kappa shape index (κ3) is 15.7. The van der Waals surface area contributed by atoms with Crippen LogP contribution in [-0.2, 0) is 26.6 Å². The molecule has 0 bridgehead atoms. The molecule has 36 heavy (non-hydrogen) atoms. The second-order valence-electron chi connectivity index (χ2n) is 8.38. The van der Waals surface area contributed by atoms with Gasteiger partial charge in [0.1, 0.15) is 0 Å². The monoisotopic (exact) mass is 573 g/mol. The van der Waals surface area contributed by atoms with E-state index in [0.29, 0.717) is 0 Å². The number of halogens is 6. The minimum Gasteiger partial charge on any atom is -0.337 e. The van der Waals surface area contributed by atoms with E-state index in [-0.39, 0.29) is 0 Å². The second-order valence-corrected chi connectivity index (χ2v) is 12.0. The van der Waals surface area contributed by atoms with Gasteiger partial charge in [0, 0.05) is 18.9 Å². The van der Waals surface area contributed by atoms with Gasteiger partial charge in [0.25, 0.3) is 0 Å². The maximum Gasteiger partial charge on any atom is 0.512 e. The van der Waals surface area contributed by atoms with Crippen molar-refractivity contribution in [1.29, 1.82) is 0 Å². The van der Waals surface area contributed by atoms with E-state index in [9.17, 15) is 43.2 Å². The summed E-state index contributed by atoms with van der Waals surface area (Å²) in [5.41, 5.74) is -12.3. The quantitative estimate of drug-likeness (QED) is 0.166. The summed E-state index contributed by atoms with van der Waals surface area (Å²) in [5, 5.41) is 0. The SMILES string of the molecule is CCCCCCCCCCCCCCCCn1ccnc1.O=S(=O)(NS(=O)(=O)C(F)(F)F)C(F)(F)F. The molecular formula is C21H37F6N3O4S2. The van der Waals surface area contributed by atoms with E-state index in [1.165, 1.54) is 89.9 Å². The molecule has 15 heteroatoms. The van der Waals surface area contributed by atoms with Gasteiger partial charge in [0.15, 0.2) is 0 Å². The van der Waals surface area contributed by atoms with E-state index in [0.717, 1.165) is 6.54 Å². The van der Waals surface area contributed by atoms with E-state index >= 15 is 0 Å². The van der Waals surface area contributed by atoms with Crippen molar-refractivity contribution in [3.63, 3.8) is 0 Å². The van der Waals surface area contributed by atoms with Crippen LogP contribution in [0.4, 0.5) is 26.3 Å². The van der Waals surface area contributed by atoms with Crippen LogP contribution >= 0.6 is 0 Å². The van der Waals surface area contributed by atoms with E-state index in [1.807, 2.05) is 12.5 Å². The zero-order valence-electron chi connectivity index (χ0n) is 20.5. The van der Waals surface area contributed by atoms with Crippen LogP contribution in [0.25, 0.3) is 0 Å². The van der Waals surface area contributed by atoms with Gasteiger partial charge in [-0.2, -0.15) is 26.3 Å². The van der Waals surface area contributed by atoms with Gasteiger partial charge in [-0.1, -0.05) is 94.5 Å². The Morgan fingerprint density at radius 1 is 0.667 bits per heavy atom. The summed E-state index contributed by atoms with van der Waals surface area (Å²) in [7, 11) is -13.2. The first-order valence-corrected chi connectivity index (χ1v) is 15.0. The number of nitrogens with one attached hydrogen (secondary N) is 1. The van der Waals surface area contributed by atoms with E-state index in [4.69, 9.17) is 0 Å². The number of hydrogen-bond donors (Lipinski definition) is 1. The Labute approximate surface area is 210 Å². The standard InChI is InChI=1S/C19H36N2.C2HF6NO4S2/c1-2-3-4-5-6-7-8-9-10-11-12-13-14-15-17-21-18-16-20-19-21;3-1(4,5)14(10,11)9-15(12,13)2(6,7)8/h16,18-19H,2-15,17H2,1H3;9H. The zero-order chi connectivity index (χ0) is 27.7. The topological polar surface area (TPSA) is 98.1 Å². The first-order chi connectivity index (χ1) is 16.6. The van der Waals surface area contributed by atoms with Crippen molar-refractivity contribution in [3.8, 4) is 0 Å². The molecule has 0 aliphatic rings. The number of imidazole rings is 1. The van der Waals surface area contributed by atoms with Gasteiger partial charge in [-0.25, -0.2) is 21.8 Å². The van der Waals surface area contributed by atoms with Crippen molar-refractivity contribution in [3.05, 3.63) is 18.7 Å². The Morgan fingerprint density at radius 3 is 1.33 bits per heavy atom. The number of sulfonamides is 2. The lowest BCUT2D eigenvalue weighted by Crippen LogP contribution is -2.45. The van der Waals surface area contributed by atoms with Crippen LogP contribution in [0.2, 0.25) is 0 Å². The molecule has 0 aliphatic heterocycles. The largest absolute Gasteiger partial charge is 0.512 e. The molecule has 0 amide bonds. The predicted octanol–water partition coefficient (Wildman–Crippen LogP) is 6.64. The van der Waals surface area contributed by atoms with Gasteiger partial charge < -0.3 is 4.57 Å².